The number of carboxylic acids is 1. The van der Waals surface area contributed by atoms with E-state index in [4.69, 9.17) is 9.84 Å². The molecule has 1 heterocycles. The summed E-state index contributed by atoms with van der Waals surface area (Å²) in [6.07, 6.45) is 1.79. The van der Waals surface area contributed by atoms with E-state index in [9.17, 15) is 9.59 Å². The van der Waals surface area contributed by atoms with Crippen LogP contribution in [0.1, 0.15) is 26.3 Å². The topological polar surface area (TPSA) is 68.5 Å². The van der Waals surface area contributed by atoms with Crippen molar-refractivity contribution in [2.24, 2.45) is 0 Å². The number of carboxylic acid groups (broad SMARTS) is 1. The van der Waals surface area contributed by atoms with Crippen molar-refractivity contribution < 1.29 is 14.6 Å². The van der Waals surface area contributed by atoms with Gasteiger partial charge in [-0.1, -0.05) is 13.5 Å². The maximum Gasteiger partial charge on any atom is 0.326 e. The highest BCUT2D eigenvalue weighted by Gasteiger charge is 2.19. The van der Waals surface area contributed by atoms with Gasteiger partial charge in [0, 0.05) is 6.20 Å². The third-order valence-corrected chi connectivity index (χ3v) is 2.42. The van der Waals surface area contributed by atoms with E-state index in [1.54, 1.807) is 19.9 Å². The van der Waals surface area contributed by atoms with Crippen LogP contribution in [-0.2, 0) is 4.79 Å². The van der Waals surface area contributed by atoms with Gasteiger partial charge in [-0.25, -0.2) is 4.79 Å². The third kappa shape index (κ3) is 3.23. The predicted octanol–water partition coefficient (Wildman–Crippen LogP) is 1.84. The number of aromatic nitrogens is 1. The fourth-order valence-electron chi connectivity index (χ4n) is 1.54. The quantitative estimate of drug-likeness (QED) is 0.783. The van der Waals surface area contributed by atoms with E-state index in [2.05, 4.69) is 6.58 Å². The van der Waals surface area contributed by atoms with Crippen LogP contribution in [0.25, 0.3) is 0 Å². The molecule has 18 heavy (non-hydrogen) atoms. The van der Waals surface area contributed by atoms with Crippen molar-refractivity contribution in [1.29, 1.82) is 0 Å². The number of aliphatic carboxylic acids is 1. The standard InChI is InChI=1S/C13H17NO4/c1-4-10(13(16)17)14-7-5-6-11(12(14)15)18-8-9(2)3/h5-7,10H,2,4,8H2,1,3H3,(H,16,17). The summed E-state index contributed by atoms with van der Waals surface area (Å²) in [5, 5.41) is 9.05. The van der Waals surface area contributed by atoms with Crippen LogP contribution < -0.4 is 10.3 Å². The number of hydrogen-bond donors (Lipinski definition) is 1. The van der Waals surface area contributed by atoms with E-state index in [1.165, 1.54) is 16.8 Å². The van der Waals surface area contributed by atoms with E-state index < -0.39 is 17.6 Å². The molecule has 0 fully saturated rings. The molecule has 1 aromatic heterocycles. The van der Waals surface area contributed by atoms with Crippen molar-refractivity contribution in [2.75, 3.05) is 6.61 Å². The average molecular weight is 251 g/mol. The molecule has 0 bridgehead atoms. The highest BCUT2D eigenvalue weighted by molar-refractivity contribution is 5.71. The number of pyridine rings is 1. The van der Waals surface area contributed by atoms with Crippen molar-refractivity contribution in [2.45, 2.75) is 26.3 Å². The fraction of sp³-hybridized carbons (Fsp3) is 0.385. The van der Waals surface area contributed by atoms with Gasteiger partial charge in [-0.2, -0.15) is 0 Å². The molecule has 0 saturated heterocycles. The molecule has 1 rings (SSSR count). The van der Waals surface area contributed by atoms with E-state index in [0.29, 0.717) is 6.42 Å². The molecule has 0 aliphatic heterocycles. The minimum absolute atomic E-state index is 0.139. The highest BCUT2D eigenvalue weighted by atomic mass is 16.5. The molecule has 1 atom stereocenters. The van der Waals surface area contributed by atoms with E-state index in [0.717, 1.165) is 5.57 Å². The first-order valence-electron chi connectivity index (χ1n) is 5.68. The number of carbonyl (C=O) groups is 1. The van der Waals surface area contributed by atoms with Gasteiger partial charge in [0.25, 0.3) is 5.56 Å². The Morgan fingerprint density at radius 1 is 1.61 bits per heavy atom. The Kier molecular flexibility index (Phi) is 4.71. The van der Waals surface area contributed by atoms with Crippen LogP contribution in [-0.4, -0.2) is 22.2 Å². The largest absolute Gasteiger partial charge is 0.484 e. The zero-order valence-electron chi connectivity index (χ0n) is 10.5. The summed E-state index contributed by atoms with van der Waals surface area (Å²) < 4.78 is 6.46. The Morgan fingerprint density at radius 3 is 2.78 bits per heavy atom. The molecule has 0 aliphatic carbocycles. The summed E-state index contributed by atoms with van der Waals surface area (Å²) in [7, 11) is 0. The molecule has 0 aliphatic rings. The Bertz CT molecular complexity index is 504. The molecule has 0 spiro atoms. The summed E-state index contributed by atoms with van der Waals surface area (Å²) in [5.74, 6) is -0.892. The second kappa shape index (κ2) is 6.05. The molecule has 5 nitrogen and oxygen atoms in total. The van der Waals surface area contributed by atoms with Gasteiger partial charge >= 0.3 is 5.97 Å². The smallest absolute Gasteiger partial charge is 0.326 e. The maximum absolute atomic E-state index is 12.0. The van der Waals surface area contributed by atoms with Crippen LogP contribution in [0.5, 0.6) is 5.75 Å². The fourth-order valence-corrected chi connectivity index (χ4v) is 1.54. The zero-order chi connectivity index (χ0) is 13.7. The monoisotopic (exact) mass is 251 g/mol. The molecular weight excluding hydrogens is 234 g/mol. The second-order valence-electron chi connectivity index (χ2n) is 4.09. The molecule has 0 saturated carbocycles. The minimum atomic E-state index is -1.03. The summed E-state index contributed by atoms with van der Waals surface area (Å²) in [4.78, 5) is 23.1. The highest BCUT2D eigenvalue weighted by Crippen LogP contribution is 2.11. The SMILES string of the molecule is C=C(C)COc1cccn(C(CC)C(=O)O)c1=O. The number of hydrogen-bond acceptors (Lipinski definition) is 3. The second-order valence-corrected chi connectivity index (χ2v) is 4.09. The zero-order valence-corrected chi connectivity index (χ0v) is 10.5. The number of rotatable bonds is 6. The molecule has 98 valence electrons. The van der Waals surface area contributed by atoms with E-state index in [1.807, 2.05) is 0 Å². The van der Waals surface area contributed by atoms with Crippen molar-refractivity contribution >= 4 is 5.97 Å². The summed E-state index contributed by atoms with van der Waals surface area (Å²) in [6, 6.07) is 2.25. The van der Waals surface area contributed by atoms with Gasteiger partial charge in [-0.15, -0.1) is 0 Å². The van der Waals surface area contributed by atoms with E-state index in [-0.39, 0.29) is 12.4 Å². The molecule has 1 N–H and O–H groups in total. The average Bonchev–Trinajstić information content (AvgIpc) is 2.30. The first-order valence-corrected chi connectivity index (χ1v) is 5.68. The van der Waals surface area contributed by atoms with Gasteiger partial charge in [0.2, 0.25) is 0 Å². The number of ether oxygens (including phenoxy) is 1. The lowest BCUT2D eigenvalue weighted by molar-refractivity contribution is -0.141. The summed E-state index contributed by atoms with van der Waals surface area (Å²) in [5.41, 5.74) is 0.350. The van der Waals surface area contributed by atoms with Gasteiger partial charge in [-0.05, 0) is 31.1 Å². The van der Waals surface area contributed by atoms with Crippen LogP contribution in [0, 0.1) is 0 Å². The van der Waals surface area contributed by atoms with Crippen molar-refractivity contribution in [3.63, 3.8) is 0 Å². The van der Waals surface area contributed by atoms with Crippen LogP contribution >= 0.6 is 0 Å². The van der Waals surface area contributed by atoms with Gasteiger partial charge in [-0.3, -0.25) is 9.36 Å². The third-order valence-electron chi connectivity index (χ3n) is 2.42. The number of nitrogens with zero attached hydrogens (tertiary/aromatic N) is 1. The summed E-state index contributed by atoms with van der Waals surface area (Å²) in [6.45, 7) is 7.41. The predicted molar refractivity (Wildman–Crippen MR) is 68.0 cm³/mol. The Balaban J connectivity index is 3.08. The normalized spacial score (nSPS) is 11.9. The Labute approximate surface area is 105 Å². The van der Waals surface area contributed by atoms with Gasteiger partial charge in [0.1, 0.15) is 12.6 Å². The molecule has 1 aromatic rings. The minimum Gasteiger partial charge on any atom is -0.484 e. The molecular formula is C13H17NO4. The summed E-state index contributed by atoms with van der Waals surface area (Å²) >= 11 is 0. The van der Waals surface area contributed by atoms with Gasteiger partial charge < -0.3 is 9.84 Å². The maximum atomic E-state index is 12.0. The van der Waals surface area contributed by atoms with Crippen LogP contribution in [0.4, 0.5) is 0 Å². The van der Waals surface area contributed by atoms with Gasteiger partial charge in [0.15, 0.2) is 5.75 Å². The van der Waals surface area contributed by atoms with Gasteiger partial charge in [0.05, 0.1) is 0 Å². The molecule has 0 radical (unpaired) electrons. The van der Waals surface area contributed by atoms with Crippen molar-refractivity contribution in [1.82, 2.24) is 4.57 Å². The van der Waals surface area contributed by atoms with Crippen LogP contribution in [0.2, 0.25) is 0 Å². The van der Waals surface area contributed by atoms with Crippen molar-refractivity contribution in [3.8, 4) is 5.75 Å². The lowest BCUT2D eigenvalue weighted by atomic mass is 10.2. The first-order chi connectivity index (χ1) is 8.47. The van der Waals surface area contributed by atoms with Crippen LogP contribution in [0.3, 0.4) is 0 Å². The first kappa shape index (κ1) is 14.0. The molecule has 0 amide bonds. The Morgan fingerprint density at radius 2 is 2.28 bits per heavy atom. The van der Waals surface area contributed by atoms with E-state index >= 15 is 0 Å². The molecule has 5 heteroatoms. The van der Waals surface area contributed by atoms with Crippen molar-refractivity contribution in [3.05, 3.63) is 40.8 Å². The lowest BCUT2D eigenvalue weighted by Gasteiger charge is -2.14. The molecule has 1 unspecified atom stereocenters. The Hall–Kier alpha value is -2.04. The lowest BCUT2D eigenvalue weighted by Crippen LogP contribution is -2.29. The molecule has 0 aromatic carbocycles. The van der Waals surface area contributed by atoms with Crippen LogP contribution in [0.15, 0.2) is 35.3 Å².